The van der Waals surface area contributed by atoms with Crippen LogP contribution in [0, 0.1) is 5.41 Å². The fourth-order valence-electron chi connectivity index (χ4n) is 4.56. The Labute approximate surface area is 210 Å². The fraction of sp³-hybridized carbons (Fsp3) is 0.400. The average Bonchev–Trinajstić information content (AvgIpc) is 2.81. The minimum absolute atomic E-state index is 0.0692. The van der Waals surface area contributed by atoms with E-state index in [9.17, 15) is 14.4 Å². The second-order valence-electron chi connectivity index (χ2n) is 8.68. The van der Waals surface area contributed by atoms with E-state index in [4.69, 9.17) is 28.9 Å². The number of nitrogens with one attached hydrogen (secondary N) is 2. The summed E-state index contributed by atoms with van der Waals surface area (Å²) in [6.07, 6.45) is 2.05. The Bertz CT molecular complexity index is 1030. The Hall–Kier alpha value is -2.77. The van der Waals surface area contributed by atoms with Crippen molar-refractivity contribution in [1.82, 2.24) is 15.5 Å². The van der Waals surface area contributed by atoms with Crippen molar-refractivity contribution in [2.75, 3.05) is 19.6 Å². The van der Waals surface area contributed by atoms with Gasteiger partial charge < -0.3 is 21.3 Å². The maximum atomic E-state index is 13.6. The lowest BCUT2D eigenvalue weighted by Crippen LogP contribution is -2.58. The van der Waals surface area contributed by atoms with Crippen LogP contribution in [0.15, 0.2) is 48.5 Å². The summed E-state index contributed by atoms with van der Waals surface area (Å²) < 4.78 is 0. The highest BCUT2D eigenvalue weighted by molar-refractivity contribution is 6.42. The highest BCUT2D eigenvalue weighted by Gasteiger charge is 2.44. The van der Waals surface area contributed by atoms with Crippen molar-refractivity contribution in [2.45, 2.75) is 38.6 Å². The lowest BCUT2D eigenvalue weighted by molar-refractivity contribution is -0.142. The summed E-state index contributed by atoms with van der Waals surface area (Å²) in [5, 5.41) is 6.28. The molecule has 0 radical (unpaired) electrons. The number of amides is 4. The van der Waals surface area contributed by atoms with Gasteiger partial charge in [0.1, 0.15) is 6.04 Å². The molecule has 0 bridgehead atoms. The molecule has 7 nitrogen and oxygen atoms in total. The quantitative estimate of drug-likeness (QED) is 0.511. The molecule has 2 aromatic rings. The Morgan fingerprint density at radius 2 is 1.82 bits per heavy atom. The molecule has 9 heteroatoms. The number of likely N-dealkylation sites (tertiary alicyclic amines) is 1. The van der Waals surface area contributed by atoms with Crippen LogP contribution in [0.5, 0.6) is 0 Å². The third-order valence-electron chi connectivity index (χ3n) is 6.13. The van der Waals surface area contributed by atoms with Crippen molar-refractivity contribution < 1.29 is 14.4 Å². The van der Waals surface area contributed by atoms with Crippen LogP contribution in [-0.4, -0.2) is 48.4 Å². The Morgan fingerprint density at radius 3 is 2.47 bits per heavy atom. The Morgan fingerprint density at radius 1 is 1.09 bits per heavy atom. The lowest BCUT2D eigenvalue weighted by Gasteiger charge is -2.43. The van der Waals surface area contributed by atoms with E-state index in [-0.39, 0.29) is 24.8 Å². The Balaban J connectivity index is 1.85. The summed E-state index contributed by atoms with van der Waals surface area (Å²) in [6, 6.07) is 13.2. The number of benzene rings is 2. The monoisotopic (exact) mass is 504 g/mol. The summed E-state index contributed by atoms with van der Waals surface area (Å²) in [4.78, 5) is 40.2. The molecule has 4 N–H and O–H groups in total. The Kier molecular flexibility index (Phi) is 8.80. The van der Waals surface area contributed by atoms with E-state index < -0.39 is 17.5 Å². The van der Waals surface area contributed by atoms with Gasteiger partial charge in [0.2, 0.25) is 11.8 Å². The van der Waals surface area contributed by atoms with Gasteiger partial charge in [-0.3, -0.25) is 9.59 Å². The van der Waals surface area contributed by atoms with Gasteiger partial charge in [-0.25, -0.2) is 4.79 Å². The SMILES string of the molecule is CCNC(=O)C1(Cc2ccccc2)CCCN(C(=O)C(Cc2ccc(Cl)c(Cl)c2)NC(N)=O)C1. The number of hydrogen-bond acceptors (Lipinski definition) is 3. The minimum Gasteiger partial charge on any atom is -0.356 e. The van der Waals surface area contributed by atoms with Crippen molar-refractivity contribution in [3.05, 3.63) is 69.7 Å². The van der Waals surface area contributed by atoms with Gasteiger partial charge in [-0.2, -0.15) is 0 Å². The topological polar surface area (TPSA) is 105 Å². The van der Waals surface area contributed by atoms with Crippen molar-refractivity contribution in [2.24, 2.45) is 11.1 Å². The van der Waals surface area contributed by atoms with Gasteiger partial charge in [0, 0.05) is 26.1 Å². The van der Waals surface area contributed by atoms with Crippen LogP contribution >= 0.6 is 23.2 Å². The van der Waals surface area contributed by atoms with E-state index in [2.05, 4.69) is 10.6 Å². The van der Waals surface area contributed by atoms with E-state index in [1.807, 2.05) is 37.3 Å². The molecule has 1 heterocycles. The second-order valence-corrected chi connectivity index (χ2v) is 9.49. The van der Waals surface area contributed by atoms with Crippen LogP contribution in [0.3, 0.4) is 0 Å². The smallest absolute Gasteiger partial charge is 0.312 e. The number of rotatable bonds is 8. The first kappa shape index (κ1) is 25.8. The van der Waals surface area contributed by atoms with E-state index in [0.29, 0.717) is 42.4 Å². The van der Waals surface area contributed by atoms with Crippen LogP contribution < -0.4 is 16.4 Å². The molecule has 0 aromatic heterocycles. The molecule has 1 fully saturated rings. The van der Waals surface area contributed by atoms with Gasteiger partial charge >= 0.3 is 6.03 Å². The molecule has 2 atom stereocenters. The summed E-state index contributed by atoms with van der Waals surface area (Å²) in [6.45, 7) is 3.13. The molecule has 4 amide bonds. The van der Waals surface area contributed by atoms with Crippen LogP contribution in [0.25, 0.3) is 0 Å². The van der Waals surface area contributed by atoms with Crippen LogP contribution in [0.2, 0.25) is 10.0 Å². The number of carbonyl (C=O) groups excluding carboxylic acids is 3. The molecule has 1 aliphatic rings. The van der Waals surface area contributed by atoms with Crippen molar-refractivity contribution >= 4 is 41.0 Å². The largest absolute Gasteiger partial charge is 0.356 e. The van der Waals surface area contributed by atoms with E-state index in [1.54, 1.807) is 23.1 Å². The highest BCUT2D eigenvalue weighted by atomic mass is 35.5. The van der Waals surface area contributed by atoms with Gasteiger partial charge in [-0.1, -0.05) is 59.6 Å². The van der Waals surface area contributed by atoms with Gasteiger partial charge in [-0.05, 0) is 49.4 Å². The van der Waals surface area contributed by atoms with Gasteiger partial charge in [0.15, 0.2) is 0 Å². The average molecular weight is 505 g/mol. The summed E-state index contributed by atoms with van der Waals surface area (Å²) in [5.74, 6) is -0.355. The van der Waals surface area contributed by atoms with Crippen LogP contribution in [0.4, 0.5) is 4.79 Å². The zero-order valence-corrected chi connectivity index (χ0v) is 20.7. The molecule has 0 spiro atoms. The van der Waals surface area contributed by atoms with Gasteiger partial charge in [-0.15, -0.1) is 0 Å². The second kappa shape index (κ2) is 11.6. The van der Waals surface area contributed by atoms with Gasteiger partial charge in [0.25, 0.3) is 0 Å². The summed E-state index contributed by atoms with van der Waals surface area (Å²) >= 11 is 12.1. The first-order valence-electron chi connectivity index (χ1n) is 11.3. The molecular formula is C25H30Cl2N4O3. The number of nitrogens with two attached hydrogens (primary N) is 1. The van der Waals surface area contributed by atoms with Crippen molar-refractivity contribution in [3.8, 4) is 0 Å². The van der Waals surface area contributed by atoms with E-state index in [1.165, 1.54) is 0 Å². The molecule has 2 unspecified atom stereocenters. The number of urea groups is 1. The molecule has 0 saturated carbocycles. The molecule has 1 saturated heterocycles. The molecule has 1 aliphatic heterocycles. The molecule has 34 heavy (non-hydrogen) atoms. The van der Waals surface area contributed by atoms with Crippen molar-refractivity contribution in [1.29, 1.82) is 0 Å². The molecule has 0 aliphatic carbocycles. The van der Waals surface area contributed by atoms with Crippen LogP contribution in [-0.2, 0) is 22.4 Å². The first-order valence-corrected chi connectivity index (χ1v) is 12.1. The lowest BCUT2D eigenvalue weighted by atomic mass is 9.74. The molecule has 3 rings (SSSR count). The van der Waals surface area contributed by atoms with E-state index >= 15 is 0 Å². The van der Waals surface area contributed by atoms with Gasteiger partial charge in [0.05, 0.1) is 15.5 Å². The van der Waals surface area contributed by atoms with Crippen molar-refractivity contribution in [3.63, 3.8) is 0 Å². The predicted molar refractivity (Wildman–Crippen MR) is 134 cm³/mol. The number of piperidine rings is 1. The third kappa shape index (κ3) is 6.42. The third-order valence-corrected chi connectivity index (χ3v) is 6.87. The number of carbonyl (C=O) groups is 3. The zero-order valence-electron chi connectivity index (χ0n) is 19.2. The molecular weight excluding hydrogens is 475 g/mol. The van der Waals surface area contributed by atoms with E-state index in [0.717, 1.165) is 11.1 Å². The number of halogens is 2. The maximum absolute atomic E-state index is 13.6. The predicted octanol–water partition coefficient (Wildman–Crippen LogP) is 3.56. The normalized spacial score (nSPS) is 18.7. The summed E-state index contributed by atoms with van der Waals surface area (Å²) in [5.41, 5.74) is 6.39. The zero-order chi connectivity index (χ0) is 24.7. The number of nitrogens with zero attached hydrogens (tertiary/aromatic N) is 1. The maximum Gasteiger partial charge on any atom is 0.312 e. The first-order chi connectivity index (χ1) is 16.2. The highest BCUT2D eigenvalue weighted by Crippen LogP contribution is 2.35. The summed E-state index contributed by atoms with van der Waals surface area (Å²) in [7, 11) is 0. The number of hydrogen-bond donors (Lipinski definition) is 3. The number of primary amides is 1. The standard InChI is InChI=1S/C25H30Cl2N4O3/c1-2-29-23(33)25(15-17-7-4-3-5-8-17)11-6-12-31(16-25)22(32)21(30-24(28)34)14-18-9-10-19(26)20(27)13-18/h3-5,7-10,13,21H,2,6,11-12,14-16H2,1H3,(H,29,33)(H3,28,30,34). The fourth-order valence-corrected chi connectivity index (χ4v) is 4.88. The minimum atomic E-state index is -0.892. The van der Waals surface area contributed by atoms with Crippen LogP contribution in [0.1, 0.15) is 30.9 Å². The molecule has 182 valence electrons. The molecule has 2 aromatic carbocycles.